The minimum absolute atomic E-state index is 0.569. The molecule has 6 heteroatoms. The normalized spacial score (nSPS) is 11.6. The molecule has 0 spiro atoms. The summed E-state index contributed by atoms with van der Waals surface area (Å²) in [6.45, 7) is 0. The van der Waals surface area contributed by atoms with Crippen molar-refractivity contribution in [1.82, 2.24) is 24.5 Å². The van der Waals surface area contributed by atoms with Gasteiger partial charge in [-0.05, 0) is 30.3 Å². The average Bonchev–Trinajstić information content (AvgIpc) is 3.64. The lowest BCUT2D eigenvalue weighted by Crippen LogP contribution is -2.04. The number of hydrogen-bond donors (Lipinski definition) is 0. The molecule has 44 heavy (non-hydrogen) atoms. The van der Waals surface area contributed by atoms with Crippen LogP contribution in [-0.4, -0.2) is 24.5 Å². The molecule has 0 saturated heterocycles. The maximum Gasteiger partial charge on any atom is 0.166 e. The summed E-state index contributed by atoms with van der Waals surface area (Å²) in [5.41, 5.74) is 7.32. The van der Waals surface area contributed by atoms with Crippen molar-refractivity contribution in [2.45, 2.75) is 0 Å². The first-order valence-corrected chi connectivity index (χ1v) is 14.5. The van der Waals surface area contributed by atoms with Crippen LogP contribution >= 0.6 is 0 Å². The summed E-state index contributed by atoms with van der Waals surface area (Å²) in [6.07, 6.45) is 3.56. The van der Waals surface area contributed by atoms with Crippen molar-refractivity contribution in [3.63, 3.8) is 0 Å². The maximum atomic E-state index is 6.35. The zero-order chi connectivity index (χ0) is 29.0. The molecule has 0 N–H and O–H groups in total. The molecule has 6 nitrogen and oxygen atoms in total. The first-order chi connectivity index (χ1) is 21.8. The first kappa shape index (κ1) is 24.5. The van der Waals surface area contributed by atoms with E-state index in [0.717, 1.165) is 49.8 Å². The summed E-state index contributed by atoms with van der Waals surface area (Å²) >= 11 is 0. The molecule has 0 aliphatic heterocycles. The van der Waals surface area contributed by atoms with Crippen LogP contribution in [0.15, 0.2) is 144 Å². The van der Waals surface area contributed by atoms with Crippen molar-refractivity contribution < 1.29 is 4.42 Å². The number of rotatable bonds is 4. The molecule has 9 aromatic rings. The van der Waals surface area contributed by atoms with Crippen LogP contribution < -0.4 is 0 Å². The summed E-state index contributed by atoms with van der Waals surface area (Å²) in [6, 6.07) is 43.3. The summed E-state index contributed by atoms with van der Waals surface area (Å²) in [5, 5.41) is 4.25. The van der Waals surface area contributed by atoms with E-state index >= 15 is 0 Å². The van der Waals surface area contributed by atoms with Gasteiger partial charge in [0, 0.05) is 38.9 Å². The highest BCUT2D eigenvalue weighted by atomic mass is 16.3. The van der Waals surface area contributed by atoms with Gasteiger partial charge in [0.2, 0.25) is 0 Å². The van der Waals surface area contributed by atoms with E-state index in [-0.39, 0.29) is 0 Å². The van der Waals surface area contributed by atoms with Crippen LogP contribution in [0.25, 0.3) is 83.6 Å². The number of para-hydroxylation sites is 2. The summed E-state index contributed by atoms with van der Waals surface area (Å²) < 4.78 is 8.66. The first-order valence-electron chi connectivity index (χ1n) is 14.5. The van der Waals surface area contributed by atoms with E-state index < -0.39 is 0 Å². The Morgan fingerprint density at radius 1 is 0.477 bits per heavy atom. The Balaban J connectivity index is 1.46. The fraction of sp³-hybridized carbons (Fsp3) is 0. The zero-order valence-corrected chi connectivity index (χ0v) is 23.4. The largest absolute Gasteiger partial charge is 0.454 e. The minimum Gasteiger partial charge on any atom is -0.454 e. The predicted octanol–water partition coefficient (Wildman–Crippen LogP) is 9.26. The van der Waals surface area contributed by atoms with Gasteiger partial charge in [0.25, 0.3) is 0 Å². The lowest BCUT2D eigenvalue weighted by molar-refractivity contribution is 0.667. The summed E-state index contributed by atoms with van der Waals surface area (Å²) in [7, 11) is 0. The number of hydrogen-bond acceptors (Lipinski definition) is 5. The van der Waals surface area contributed by atoms with E-state index in [1.165, 1.54) is 10.8 Å². The van der Waals surface area contributed by atoms with Crippen LogP contribution in [0.2, 0.25) is 0 Å². The molecule has 0 bridgehead atoms. The Hall–Kier alpha value is -6.14. The second-order valence-corrected chi connectivity index (χ2v) is 10.7. The molecule has 0 amide bonds. The van der Waals surface area contributed by atoms with Crippen LogP contribution in [0.5, 0.6) is 0 Å². The van der Waals surface area contributed by atoms with Gasteiger partial charge in [0.15, 0.2) is 23.1 Å². The van der Waals surface area contributed by atoms with Crippen LogP contribution in [0.3, 0.4) is 0 Å². The number of nitrogens with zero attached hydrogens (tertiary/aromatic N) is 5. The van der Waals surface area contributed by atoms with Crippen LogP contribution in [0.1, 0.15) is 0 Å². The fourth-order valence-electron chi connectivity index (χ4n) is 6.23. The maximum absolute atomic E-state index is 6.35. The second-order valence-electron chi connectivity index (χ2n) is 10.7. The number of fused-ring (bicyclic) bond motifs is 6. The van der Waals surface area contributed by atoms with Gasteiger partial charge in [-0.2, -0.15) is 0 Å². The van der Waals surface area contributed by atoms with Crippen LogP contribution in [0, 0.1) is 0 Å². The molecule has 0 unspecified atom stereocenters. The third kappa shape index (κ3) is 3.75. The SMILES string of the molecule is c1ccc(-c2nc(-c3ccccc3)nc(-c3c(-n4c5ccccc5c5ccccc54)ccc4oc5cnccc5c34)n2)cc1. The summed E-state index contributed by atoms with van der Waals surface area (Å²) in [4.78, 5) is 19.6. The van der Waals surface area contributed by atoms with Gasteiger partial charge in [-0.3, -0.25) is 4.98 Å². The molecule has 0 saturated carbocycles. The lowest BCUT2D eigenvalue weighted by Gasteiger charge is -2.15. The minimum atomic E-state index is 0.569. The fourth-order valence-corrected chi connectivity index (χ4v) is 6.23. The highest BCUT2D eigenvalue weighted by Crippen LogP contribution is 2.42. The topological polar surface area (TPSA) is 69.6 Å². The third-order valence-electron chi connectivity index (χ3n) is 8.16. The van der Waals surface area contributed by atoms with E-state index in [0.29, 0.717) is 23.1 Å². The van der Waals surface area contributed by atoms with Gasteiger partial charge in [0.1, 0.15) is 5.58 Å². The van der Waals surface area contributed by atoms with Gasteiger partial charge >= 0.3 is 0 Å². The standard InChI is InChI=1S/C38H23N5O/c1-3-11-24(12-4-1)36-40-37(25-13-5-2-6-14-25)42-38(41-36)35-31(19-20-32-34(35)28-21-22-39-23-33(28)44-32)43-29-17-9-7-15-26(29)27-16-8-10-18-30(27)43/h1-23H. The molecular formula is C38H23N5O. The average molecular weight is 566 g/mol. The van der Waals surface area contributed by atoms with Crippen molar-refractivity contribution >= 4 is 43.7 Å². The van der Waals surface area contributed by atoms with Crippen molar-refractivity contribution in [3.05, 3.63) is 140 Å². The van der Waals surface area contributed by atoms with E-state index in [9.17, 15) is 0 Å². The molecule has 4 aromatic heterocycles. The van der Waals surface area contributed by atoms with Crippen molar-refractivity contribution in [3.8, 4) is 39.9 Å². The molecular weight excluding hydrogens is 542 g/mol. The predicted molar refractivity (Wildman–Crippen MR) is 176 cm³/mol. The Morgan fingerprint density at radius 3 is 1.68 bits per heavy atom. The molecule has 5 aromatic carbocycles. The van der Waals surface area contributed by atoms with Crippen molar-refractivity contribution in [2.24, 2.45) is 0 Å². The molecule has 0 atom stereocenters. The van der Waals surface area contributed by atoms with Gasteiger partial charge < -0.3 is 8.98 Å². The number of aromatic nitrogens is 5. The molecule has 0 fully saturated rings. The number of pyridine rings is 1. The van der Waals surface area contributed by atoms with Gasteiger partial charge in [-0.15, -0.1) is 0 Å². The van der Waals surface area contributed by atoms with E-state index in [4.69, 9.17) is 19.4 Å². The number of benzene rings is 5. The Morgan fingerprint density at radius 2 is 1.05 bits per heavy atom. The Bertz CT molecular complexity index is 2390. The molecule has 0 aliphatic rings. The number of furan rings is 1. The second kappa shape index (κ2) is 9.71. The van der Waals surface area contributed by atoms with Gasteiger partial charge in [-0.25, -0.2) is 15.0 Å². The molecule has 0 radical (unpaired) electrons. The highest BCUT2D eigenvalue weighted by molar-refractivity contribution is 6.15. The monoisotopic (exact) mass is 565 g/mol. The molecule has 0 aliphatic carbocycles. The van der Waals surface area contributed by atoms with Crippen LogP contribution in [0.4, 0.5) is 0 Å². The van der Waals surface area contributed by atoms with E-state index in [1.54, 1.807) is 12.4 Å². The van der Waals surface area contributed by atoms with Crippen molar-refractivity contribution in [1.29, 1.82) is 0 Å². The zero-order valence-electron chi connectivity index (χ0n) is 23.4. The smallest absolute Gasteiger partial charge is 0.166 e. The van der Waals surface area contributed by atoms with E-state index in [2.05, 4.69) is 64.1 Å². The van der Waals surface area contributed by atoms with E-state index in [1.807, 2.05) is 72.8 Å². The Kier molecular flexibility index (Phi) is 5.40. The van der Waals surface area contributed by atoms with Crippen molar-refractivity contribution in [2.75, 3.05) is 0 Å². The quantitative estimate of drug-likeness (QED) is 0.213. The molecule has 206 valence electrons. The highest BCUT2D eigenvalue weighted by Gasteiger charge is 2.24. The van der Waals surface area contributed by atoms with Gasteiger partial charge in [0.05, 0.1) is 28.5 Å². The third-order valence-corrected chi connectivity index (χ3v) is 8.16. The molecule has 4 heterocycles. The summed E-state index contributed by atoms with van der Waals surface area (Å²) in [5.74, 6) is 1.78. The van der Waals surface area contributed by atoms with Crippen LogP contribution in [-0.2, 0) is 0 Å². The molecule has 9 rings (SSSR count). The lowest BCUT2D eigenvalue weighted by atomic mass is 10.0. The Labute approximate surface area is 251 Å². The van der Waals surface area contributed by atoms with Gasteiger partial charge in [-0.1, -0.05) is 97.1 Å².